The van der Waals surface area contributed by atoms with Crippen LogP contribution in [0.25, 0.3) is 0 Å². The summed E-state index contributed by atoms with van der Waals surface area (Å²) < 4.78 is 0. The molecule has 1 N–H and O–H groups in total. The normalized spacial score (nSPS) is 14.6. The predicted octanol–water partition coefficient (Wildman–Crippen LogP) is -0.0454. The summed E-state index contributed by atoms with van der Waals surface area (Å²) >= 11 is 0. The van der Waals surface area contributed by atoms with E-state index in [0.29, 0.717) is 5.70 Å². The topological polar surface area (TPSA) is 45.7 Å². The summed E-state index contributed by atoms with van der Waals surface area (Å²) in [4.78, 5) is 0. The fourth-order valence-electron chi connectivity index (χ4n) is 0.101. The number of nitrogens with one attached hydrogen (secondary N) is 1. The molecule has 0 aromatic rings. The number of hydrogen-bond donors (Lipinski definition) is 1. The van der Waals surface area contributed by atoms with Crippen LogP contribution in [0.2, 0.25) is 0 Å². The summed E-state index contributed by atoms with van der Waals surface area (Å²) in [7, 11) is 0. The van der Waals surface area contributed by atoms with Gasteiger partial charge in [-0.15, -0.1) is 0 Å². The van der Waals surface area contributed by atoms with E-state index in [1.807, 2.05) is 6.07 Å². The summed E-state index contributed by atoms with van der Waals surface area (Å²) in [5.41, 5.74) is 0.685. The van der Waals surface area contributed by atoms with Gasteiger partial charge >= 0.3 is 0 Å². The van der Waals surface area contributed by atoms with Gasteiger partial charge in [-0.3, -0.25) is 0 Å². The Hall–Kier alpha value is -0.970. The smallest absolute Gasteiger partial charge is 0.133 e. The van der Waals surface area contributed by atoms with E-state index in [2.05, 4.69) is 5.32 Å². The molecule has 0 bridgehead atoms. The van der Waals surface area contributed by atoms with E-state index in [-0.39, 0.29) is 0 Å². The zero-order valence-corrected chi connectivity index (χ0v) is 2.52. The second kappa shape index (κ2) is 0.494. The average molecular weight is 66.1 g/mol. The first kappa shape index (κ1) is 2.28. The molecule has 0 saturated heterocycles. The molecule has 0 spiro atoms. The van der Waals surface area contributed by atoms with Gasteiger partial charge in [0.15, 0.2) is 0 Å². The van der Waals surface area contributed by atoms with E-state index in [1.54, 1.807) is 6.20 Å². The molecule has 0 saturated carbocycles. The van der Waals surface area contributed by atoms with Gasteiger partial charge in [0.05, 0.1) is 0 Å². The number of hydrogen-bond acceptors (Lipinski definition) is 2. The number of rotatable bonds is 0. The fraction of sp³-hybridized carbons (Fsp3) is 0. The molecule has 1 aliphatic rings. The van der Waals surface area contributed by atoms with Crippen molar-refractivity contribution in [3.63, 3.8) is 0 Å². The largest absolute Gasteiger partial charge is 0.349 e. The summed E-state index contributed by atoms with van der Waals surface area (Å²) in [6.45, 7) is 0. The van der Waals surface area contributed by atoms with Crippen molar-refractivity contribution in [3.05, 3.63) is 11.9 Å². The van der Waals surface area contributed by atoms with E-state index in [4.69, 9.17) is 5.26 Å². The average Bonchev–Trinajstić information content (AvgIpc) is 2.12. The Balaban J connectivity index is 2.59. The van der Waals surface area contributed by atoms with Crippen LogP contribution in [0.1, 0.15) is 0 Å². The van der Waals surface area contributed by atoms with Crippen LogP contribution in [-0.4, -0.2) is 0 Å². The van der Waals surface area contributed by atoms with E-state index >= 15 is 0 Å². The van der Waals surface area contributed by atoms with Gasteiger partial charge in [0.1, 0.15) is 11.8 Å². The van der Waals surface area contributed by atoms with Crippen molar-refractivity contribution in [3.8, 4) is 6.07 Å². The van der Waals surface area contributed by atoms with Gasteiger partial charge in [-0.2, -0.15) is 5.26 Å². The van der Waals surface area contributed by atoms with Gasteiger partial charge in [0.2, 0.25) is 0 Å². The number of nitrogens with zero attached hydrogens (tertiary/aromatic N) is 1. The van der Waals surface area contributed by atoms with E-state index in [0.717, 1.165) is 0 Å². The van der Waals surface area contributed by atoms with Crippen LogP contribution in [0.4, 0.5) is 0 Å². The Morgan fingerprint density at radius 3 is 2.60 bits per heavy atom. The van der Waals surface area contributed by atoms with E-state index in [1.165, 1.54) is 0 Å². The maximum atomic E-state index is 7.83. The second-order valence-corrected chi connectivity index (χ2v) is 0.814. The van der Waals surface area contributed by atoms with Crippen molar-refractivity contribution in [2.75, 3.05) is 0 Å². The third kappa shape index (κ3) is 0.198. The van der Waals surface area contributed by atoms with Gasteiger partial charge in [0.25, 0.3) is 0 Å². The summed E-state index contributed by atoms with van der Waals surface area (Å²) in [5.74, 6) is 0. The van der Waals surface area contributed by atoms with Crippen LogP contribution >= 0.6 is 0 Å². The number of nitriles is 1. The zero-order valence-electron chi connectivity index (χ0n) is 2.52. The highest BCUT2D eigenvalue weighted by Gasteiger charge is 1.99. The lowest BCUT2D eigenvalue weighted by Gasteiger charge is -1.50. The van der Waals surface area contributed by atoms with Crippen LogP contribution in [0.3, 0.4) is 0 Å². The molecule has 0 unspecified atom stereocenters. The molecule has 1 rings (SSSR count). The number of allylic oxidation sites excluding steroid dienone is 1. The molecule has 2 heteroatoms. The Kier molecular flexibility index (Phi) is 0.225. The molecule has 0 aromatic heterocycles. The SMILES string of the molecule is N#CC1=CN1. The summed E-state index contributed by atoms with van der Waals surface area (Å²) in [6, 6.07) is 1.89. The molecule has 0 aliphatic carbocycles. The summed E-state index contributed by atoms with van der Waals surface area (Å²) in [5, 5.41) is 10.4. The van der Waals surface area contributed by atoms with Crippen LogP contribution in [0.5, 0.6) is 0 Å². The summed E-state index contributed by atoms with van der Waals surface area (Å²) in [6.07, 6.45) is 1.65. The lowest BCUT2D eigenvalue weighted by Crippen LogP contribution is -1.68. The maximum absolute atomic E-state index is 7.83. The third-order valence-electron chi connectivity index (χ3n) is 0.409. The first-order valence-corrected chi connectivity index (χ1v) is 1.30. The Morgan fingerprint density at radius 2 is 2.60 bits per heavy atom. The highest BCUT2D eigenvalue weighted by atomic mass is 15.0. The van der Waals surface area contributed by atoms with Gasteiger partial charge in [0, 0.05) is 6.20 Å². The third-order valence-corrected chi connectivity index (χ3v) is 0.409. The highest BCUT2D eigenvalue weighted by molar-refractivity contribution is 5.31. The first-order chi connectivity index (χ1) is 2.43. The molecule has 0 fully saturated rings. The van der Waals surface area contributed by atoms with Crippen molar-refractivity contribution in [2.24, 2.45) is 0 Å². The molecule has 1 heterocycles. The van der Waals surface area contributed by atoms with Gasteiger partial charge in [-0.1, -0.05) is 0 Å². The molecule has 2 nitrogen and oxygen atoms in total. The molecule has 0 aromatic carbocycles. The van der Waals surface area contributed by atoms with E-state index in [9.17, 15) is 0 Å². The molecule has 0 atom stereocenters. The van der Waals surface area contributed by atoms with Gasteiger partial charge in [-0.25, -0.2) is 0 Å². The molecule has 0 amide bonds. The van der Waals surface area contributed by atoms with Gasteiger partial charge in [-0.05, 0) is 0 Å². The molecule has 1 aliphatic heterocycles. The second-order valence-electron chi connectivity index (χ2n) is 0.814. The molecule has 24 valence electrons. The Morgan fingerprint density at radius 1 is 2.00 bits per heavy atom. The Labute approximate surface area is 29.7 Å². The minimum atomic E-state index is 0.685. The highest BCUT2D eigenvalue weighted by Crippen LogP contribution is 1.94. The zero-order chi connectivity index (χ0) is 3.70. The lowest BCUT2D eigenvalue weighted by atomic mass is 10.7. The van der Waals surface area contributed by atoms with Crippen molar-refractivity contribution < 1.29 is 0 Å². The minimum Gasteiger partial charge on any atom is -0.349 e. The van der Waals surface area contributed by atoms with Crippen molar-refractivity contribution >= 4 is 0 Å². The van der Waals surface area contributed by atoms with Crippen LogP contribution < -0.4 is 5.32 Å². The quantitative estimate of drug-likeness (QED) is 0.431. The monoisotopic (exact) mass is 66.0 g/mol. The Bertz CT molecular complexity index is 107. The molecule has 0 radical (unpaired) electrons. The standard InChI is InChI=1S/C3H2N2/c4-1-3-2-5-3/h2,5H. The van der Waals surface area contributed by atoms with Crippen molar-refractivity contribution in [1.82, 2.24) is 5.32 Å². The van der Waals surface area contributed by atoms with Crippen LogP contribution in [-0.2, 0) is 0 Å². The maximum Gasteiger partial charge on any atom is 0.133 e. The van der Waals surface area contributed by atoms with Crippen molar-refractivity contribution in [2.45, 2.75) is 0 Å². The van der Waals surface area contributed by atoms with Gasteiger partial charge < -0.3 is 5.32 Å². The minimum absolute atomic E-state index is 0.685. The van der Waals surface area contributed by atoms with Crippen molar-refractivity contribution in [1.29, 1.82) is 5.26 Å². The predicted molar refractivity (Wildman–Crippen MR) is 16.8 cm³/mol. The molecular formula is C3H2N2. The fourth-order valence-corrected chi connectivity index (χ4v) is 0.101. The molecule has 5 heavy (non-hydrogen) atoms. The van der Waals surface area contributed by atoms with Crippen LogP contribution in [0.15, 0.2) is 11.9 Å². The first-order valence-electron chi connectivity index (χ1n) is 1.30. The molecular weight excluding hydrogens is 64.0 g/mol. The van der Waals surface area contributed by atoms with Crippen LogP contribution in [0, 0.1) is 11.3 Å². The lowest BCUT2D eigenvalue weighted by molar-refractivity contribution is 1.36. The van der Waals surface area contributed by atoms with E-state index < -0.39 is 0 Å².